The van der Waals surface area contributed by atoms with Crippen LogP contribution in [0.4, 0.5) is 5.69 Å². The molecule has 1 aliphatic rings. The molecule has 110 valence electrons. The van der Waals surface area contributed by atoms with E-state index in [4.69, 9.17) is 23.2 Å². The largest absolute Gasteiger partial charge is 0.478 e. The Kier molecular flexibility index (Phi) is 3.39. The van der Waals surface area contributed by atoms with Crippen molar-refractivity contribution >= 4 is 46.7 Å². The Morgan fingerprint density at radius 2 is 1.55 bits per heavy atom. The number of carboxylic acids is 1. The number of hydrogen-bond acceptors (Lipinski definition) is 3. The molecule has 0 spiro atoms. The van der Waals surface area contributed by atoms with Gasteiger partial charge in [-0.15, -0.1) is 0 Å². The normalized spacial score (nSPS) is 13.5. The van der Waals surface area contributed by atoms with Crippen LogP contribution in [0.3, 0.4) is 0 Å². The zero-order valence-corrected chi connectivity index (χ0v) is 12.4. The lowest BCUT2D eigenvalue weighted by Gasteiger charge is -2.18. The predicted octanol–water partition coefficient (Wildman–Crippen LogP) is 3.49. The Morgan fingerprint density at radius 3 is 2.05 bits per heavy atom. The number of fused-ring (bicyclic) bond motifs is 1. The average Bonchev–Trinajstić information content (AvgIpc) is 2.71. The summed E-state index contributed by atoms with van der Waals surface area (Å²) in [5.74, 6) is -2.57. The van der Waals surface area contributed by atoms with E-state index >= 15 is 0 Å². The highest BCUT2D eigenvalue weighted by Gasteiger charge is 2.39. The summed E-state index contributed by atoms with van der Waals surface area (Å²) in [5, 5.41) is 9.31. The van der Waals surface area contributed by atoms with Crippen LogP contribution in [-0.2, 0) is 0 Å². The molecule has 0 fully saturated rings. The van der Waals surface area contributed by atoms with Gasteiger partial charge in [-0.2, -0.15) is 0 Å². The molecule has 1 aliphatic heterocycles. The second kappa shape index (κ2) is 5.12. The van der Waals surface area contributed by atoms with E-state index in [1.54, 1.807) is 12.1 Å². The van der Waals surface area contributed by atoms with Crippen LogP contribution in [0.1, 0.15) is 31.1 Å². The van der Waals surface area contributed by atoms with E-state index in [1.807, 2.05) is 0 Å². The van der Waals surface area contributed by atoms with Gasteiger partial charge in [-0.3, -0.25) is 9.59 Å². The number of rotatable bonds is 2. The third kappa shape index (κ3) is 2.06. The average molecular weight is 336 g/mol. The van der Waals surface area contributed by atoms with Crippen molar-refractivity contribution in [1.29, 1.82) is 0 Å². The summed E-state index contributed by atoms with van der Waals surface area (Å²) in [6, 6.07) is 8.67. The van der Waals surface area contributed by atoms with Crippen molar-refractivity contribution in [3.63, 3.8) is 0 Å². The van der Waals surface area contributed by atoms with Crippen LogP contribution >= 0.6 is 23.2 Å². The van der Waals surface area contributed by atoms with Gasteiger partial charge in [0.05, 0.1) is 27.4 Å². The van der Waals surface area contributed by atoms with Crippen LogP contribution in [0, 0.1) is 0 Å². The maximum Gasteiger partial charge on any atom is 0.337 e. The zero-order valence-electron chi connectivity index (χ0n) is 10.8. The number of anilines is 1. The number of nitrogens with zero attached hydrogens (tertiary/aromatic N) is 1. The number of aromatic carboxylic acids is 1. The highest BCUT2D eigenvalue weighted by molar-refractivity contribution is 6.42. The summed E-state index contributed by atoms with van der Waals surface area (Å²) in [5.41, 5.74) is -0.0820. The molecule has 5 nitrogen and oxygen atoms in total. The summed E-state index contributed by atoms with van der Waals surface area (Å²) in [7, 11) is 0. The molecule has 2 amide bonds. The van der Waals surface area contributed by atoms with Gasteiger partial charge >= 0.3 is 5.97 Å². The van der Waals surface area contributed by atoms with E-state index in [0.29, 0.717) is 0 Å². The van der Waals surface area contributed by atoms with E-state index in [2.05, 4.69) is 0 Å². The summed E-state index contributed by atoms with van der Waals surface area (Å²) >= 11 is 11.8. The Morgan fingerprint density at radius 1 is 1.00 bits per heavy atom. The third-order valence-corrected chi connectivity index (χ3v) is 3.78. The van der Waals surface area contributed by atoms with Gasteiger partial charge in [0.25, 0.3) is 11.8 Å². The molecule has 3 rings (SSSR count). The van der Waals surface area contributed by atoms with E-state index in [-0.39, 0.29) is 32.4 Å². The lowest BCUT2D eigenvalue weighted by atomic mass is 10.1. The minimum absolute atomic E-state index is 0.0839. The molecule has 0 saturated carbocycles. The first-order valence-electron chi connectivity index (χ1n) is 6.12. The maximum atomic E-state index is 12.4. The SMILES string of the molecule is O=C(O)c1cc(Cl)cc(Cl)c1N1C(=O)c2ccccc2C1=O. The fraction of sp³-hybridized carbons (Fsp3) is 0. The first kappa shape index (κ1) is 14.6. The van der Waals surface area contributed by atoms with Gasteiger partial charge < -0.3 is 5.11 Å². The predicted molar refractivity (Wildman–Crippen MR) is 81.0 cm³/mol. The van der Waals surface area contributed by atoms with E-state index in [9.17, 15) is 19.5 Å². The lowest BCUT2D eigenvalue weighted by Crippen LogP contribution is -2.31. The van der Waals surface area contributed by atoms with Crippen LogP contribution in [0.15, 0.2) is 36.4 Å². The molecule has 2 aromatic rings. The molecule has 1 heterocycles. The molecule has 0 bridgehead atoms. The van der Waals surface area contributed by atoms with Gasteiger partial charge in [0.1, 0.15) is 0 Å². The monoisotopic (exact) mass is 335 g/mol. The molecular weight excluding hydrogens is 329 g/mol. The molecule has 2 aromatic carbocycles. The van der Waals surface area contributed by atoms with Crippen molar-refractivity contribution < 1.29 is 19.5 Å². The maximum absolute atomic E-state index is 12.4. The van der Waals surface area contributed by atoms with Crippen LogP contribution in [0.5, 0.6) is 0 Å². The van der Waals surface area contributed by atoms with Crippen LogP contribution in [0.25, 0.3) is 0 Å². The van der Waals surface area contributed by atoms with Gasteiger partial charge in [-0.05, 0) is 24.3 Å². The molecule has 0 atom stereocenters. The van der Waals surface area contributed by atoms with E-state index in [0.717, 1.165) is 11.0 Å². The Labute approximate surface area is 134 Å². The zero-order chi connectivity index (χ0) is 16.0. The number of halogens is 2. The number of carboxylic acid groups (broad SMARTS) is 1. The van der Waals surface area contributed by atoms with Crippen LogP contribution in [0.2, 0.25) is 10.0 Å². The van der Waals surface area contributed by atoms with Gasteiger partial charge in [-0.25, -0.2) is 9.69 Å². The van der Waals surface area contributed by atoms with Crippen LogP contribution < -0.4 is 4.90 Å². The second-order valence-electron chi connectivity index (χ2n) is 4.58. The van der Waals surface area contributed by atoms with Crippen molar-refractivity contribution in [2.45, 2.75) is 0 Å². The molecular formula is C15H7Cl2NO4. The smallest absolute Gasteiger partial charge is 0.337 e. The van der Waals surface area contributed by atoms with E-state index in [1.165, 1.54) is 18.2 Å². The minimum Gasteiger partial charge on any atom is -0.478 e. The fourth-order valence-electron chi connectivity index (χ4n) is 2.35. The minimum atomic E-state index is -1.34. The van der Waals surface area contributed by atoms with Gasteiger partial charge in [0.15, 0.2) is 0 Å². The highest BCUT2D eigenvalue weighted by atomic mass is 35.5. The third-order valence-electron chi connectivity index (χ3n) is 3.28. The number of amides is 2. The van der Waals surface area contributed by atoms with E-state index < -0.39 is 17.8 Å². The standard InChI is InChI=1S/C15H7Cl2NO4/c16-7-5-10(15(21)22)12(11(17)6-7)18-13(19)8-3-1-2-4-9(8)14(18)20/h1-6H,(H,21,22). The highest BCUT2D eigenvalue weighted by Crippen LogP contribution is 2.37. The number of carbonyl (C=O) groups excluding carboxylic acids is 2. The van der Waals surface area contributed by atoms with Crippen molar-refractivity contribution in [3.05, 3.63) is 63.1 Å². The molecule has 7 heteroatoms. The number of imide groups is 1. The molecule has 22 heavy (non-hydrogen) atoms. The van der Waals surface area contributed by atoms with Crippen molar-refractivity contribution in [2.24, 2.45) is 0 Å². The molecule has 1 N–H and O–H groups in total. The van der Waals surface area contributed by atoms with Gasteiger partial charge in [0, 0.05) is 5.02 Å². The summed E-state index contributed by atoms with van der Waals surface area (Å²) < 4.78 is 0. The quantitative estimate of drug-likeness (QED) is 0.852. The van der Waals surface area contributed by atoms with Crippen LogP contribution in [-0.4, -0.2) is 22.9 Å². The molecule has 0 aromatic heterocycles. The molecule has 0 unspecified atom stereocenters. The number of hydrogen-bond donors (Lipinski definition) is 1. The molecule has 0 saturated heterocycles. The first-order chi connectivity index (χ1) is 10.4. The van der Waals surface area contributed by atoms with Crippen molar-refractivity contribution in [1.82, 2.24) is 0 Å². The van der Waals surface area contributed by atoms with Gasteiger partial charge in [-0.1, -0.05) is 35.3 Å². The number of carbonyl (C=O) groups is 3. The first-order valence-corrected chi connectivity index (χ1v) is 6.87. The molecule has 0 radical (unpaired) electrons. The molecule has 0 aliphatic carbocycles. The second-order valence-corrected chi connectivity index (χ2v) is 5.42. The van der Waals surface area contributed by atoms with Crippen molar-refractivity contribution in [2.75, 3.05) is 4.90 Å². The topological polar surface area (TPSA) is 74.7 Å². The Balaban J connectivity index is 2.24. The lowest BCUT2D eigenvalue weighted by molar-refractivity contribution is 0.0698. The van der Waals surface area contributed by atoms with Gasteiger partial charge in [0.2, 0.25) is 0 Å². The van der Waals surface area contributed by atoms with Crippen molar-refractivity contribution in [3.8, 4) is 0 Å². The summed E-state index contributed by atoms with van der Waals surface area (Å²) in [6.07, 6.45) is 0. The summed E-state index contributed by atoms with van der Waals surface area (Å²) in [6.45, 7) is 0. The Hall–Kier alpha value is -2.37. The Bertz CT molecular complexity index is 812. The fourth-order valence-corrected chi connectivity index (χ4v) is 2.93. The number of benzene rings is 2. The summed E-state index contributed by atoms with van der Waals surface area (Å²) in [4.78, 5) is 37.1.